The largest absolute Gasteiger partial charge is 0.204 e. The maximum Gasteiger partial charge on any atom is 0.159 e. The monoisotopic (exact) mass is 326 g/mol. The van der Waals surface area contributed by atoms with Crippen LogP contribution in [0.3, 0.4) is 0 Å². The van der Waals surface area contributed by atoms with E-state index in [1.165, 1.54) is 6.07 Å². The van der Waals surface area contributed by atoms with Gasteiger partial charge in [-0.1, -0.05) is 38.7 Å². The Bertz CT molecular complexity index is 717. The van der Waals surface area contributed by atoms with Gasteiger partial charge in [-0.2, -0.15) is 0 Å². The van der Waals surface area contributed by atoms with Crippen molar-refractivity contribution in [3.8, 4) is 0 Å². The first-order valence-electron chi connectivity index (χ1n) is 12.0. The molecule has 0 nitrogen and oxygen atoms in total. The third-order valence-corrected chi connectivity index (χ3v) is 5.31. The molecule has 2 saturated carbocycles. The Kier molecular flexibility index (Phi) is 3.66. The van der Waals surface area contributed by atoms with Gasteiger partial charge in [0, 0.05) is 8.22 Å². The van der Waals surface area contributed by atoms with Crippen molar-refractivity contribution in [2.24, 2.45) is 17.8 Å². The minimum atomic E-state index is -2.22. The zero-order valence-electron chi connectivity index (χ0n) is 19.7. The number of benzene rings is 1. The zero-order chi connectivity index (χ0) is 21.6. The molecule has 2 aliphatic rings. The molecule has 0 aromatic heterocycles. The summed E-state index contributed by atoms with van der Waals surface area (Å²) in [5.41, 5.74) is 0.0418. The van der Waals surface area contributed by atoms with Gasteiger partial charge in [-0.25, -0.2) is 8.78 Å². The summed E-state index contributed by atoms with van der Waals surface area (Å²) in [5.74, 6) is -3.96. The van der Waals surface area contributed by atoms with Gasteiger partial charge >= 0.3 is 0 Å². The summed E-state index contributed by atoms with van der Waals surface area (Å²) in [5, 5.41) is 0. The van der Waals surface area contributed by atoms with Gasteiger partial charge in [0.1, 0.15) is 0 Å². The van der Waals surface area contributed by atoms with Gasteiger partial charge in [-0.15, -0.1) is 0 Å². The van der Waals surface area contributed by atoms with Crippen molar-refractivity contribution >= 4 is 0 Å². The Morgan fingerprint density at radius 1 is 1.00 bits per heavy atom. The lowest BCUT2D eigenvalue weighted by atomic mass is 9.68. The molecule has 0 spiro atoms. The molecule has 0 bridgehead atoms. The highest BCUT2D eigenvalue weighted by atomic mass is 19.2. The fraction of sp³-hybridized carbons (Fsp3) is 0.714. The van der Waals surface area contributed by atoms with E-state index in [1.54, 1.807) is 0 Å². The molecule has 1 aromatic carbocycles. The summed E-state index contributed by atoms with van der Waals surface area (Å²) < 4.78 is 78.9. The normalized spacial score (nSPS) is 46.6. The molecular formula is C21H30F2. The van der Waals surface area contributed by atoms with Crippen LogP contribution < -0.4 is 0 Å². The van der Waals surface area contributed by atoms with E-state index in [2.05, 4.69) is 6.92 Å². The standard InChI is InChI=1S/C21H30F2/c1-2-3-15-4-6-16(7-5-15)17-8-10-18(11-9-17)19-12-13-20(22)21(23)14-19/h12-18H,2-11H2,1H3/t15?,16?,17-,18?/i8D,9D2,10D2,11D/t8-,11?,15?,16?,17-,18?/m1/s1. The first kappa shape index (κ1) is 10.8. The molecule has 2 aliphatic carbocycles. The van der Waals surface area contributed by atoms with Crippen molar-refractivity contribution < 1.29 is 17.0 Å². The predicted octanol–water partition coefficient (Wildman–Crippen LogP) is 6.85. The van der Waals surface area contributed by atoms with Crippen LogP contribution in [0.25, 0.3) is 0 Å². The molecule has 0 amide bonds. The van der Waals surface area contributed by atoms with Crippen LogP contribution >= 0.6 is 0 Å². The smallest absolute Gasteiger partial charge is 0.159 e. The Morgan fingerprint density at radius 3 is 2.48 bits per heavy atom. The van der Waals surface area contributed by atoms with E-state index in [4.69, 9.17) is 8.22 Å². The first-order valence-corrected chi connectivity index (χ1v) is 8.81. The Hall–Kier alpha value is -0.920. The Morgan fingerprint density at radius 2 is 1.78 bits per heavy atom. The minimum Gasteiger partial charge on any atom is -0.204 e. The number of halogens is 2. The van der Waals surface area contributed by atoms with Crippen LogP contribution in [0.1, 0.15) is 90.7 Å². The van der Waals surface area contributed by atoms with Crippen molar-refractivity contribution in [1.82, 2.24) is 0 Å². The highest BCUT2D eigenvalue weighted by Gasteiger charge is 2.31. The maximum absolute atomic E-state index is 13.8. The van der Waals surface area contributed by atoms with Gasteiger partial charge in [-0.05, 0) is 79.7 Å². The van der Waals surface area contributed by atoms with Crippen molar-refractivity contribution in [2.75, 3.05) is 0 Å². The van der Waals surface area contributed by atoms with Crippen LogP contribution in [-0.2, 0) is 0 Å². The third kappa shape index (κ3) is 4.14. The van der Waals surface area contributed by atoms with Gasteiger partial charge < -0.3 is 0 Å². The van der Waals surface area contributed by atoms with Crippen molar-refractivity contribution in [2.45, 2.75) is 76.9 Å². The molecule has 0 saturated heterocycles. The van der Waals surface area contributed by atoms with E-state index in [1.807, 2.05) is 0 Å². The SMILES string of the molecule is [2H]C1C(c2ccc(F)c(F)c2)C([2H])([2H])[C@@H]([2H])[C@@H](C2CCC(CCC)CC2)C1([2H])[2H]. The van der Waals surface area contributed by atoms with Crippen LogP contribution in [0.15, 0.2) is 18.2 Å². The van der Waals surface area contributed by atoms with E-state index in [0.717, 1.165) is 50.7 Å². The molecule has 0 aliphatic heterocycles. The summed E-state index contributed by atoms with van der Waals surface area (Å²) in [6.45, 7) is 2.14. The van der Waals surface area contributed by atoms with Crippen LogP contribution in [0.4, 0.5) is 8.78 Å². The summed E-state index contributed by atoms with van der Waals surface area (Å²) in [7, 11) is 0. The molecule has 0 heterocycles. The molecule has 3 rings (SSSR count). The third-order valence-electron chi connectivity index (χ3n) is 5.31. The van der Waals surface area contributed by atoms with Gasteiger partial charge in [0.25, 0.3) is 0 Å². The van der Waals surface area contributed by atoms with Crippen molar-refractivity contribution in [3.05, 3.63) is 35.4 Å². The molecule has 2 unspecified atom stereocenters. The second-order valence-electron chi connectivity index (χ2n) is 6.91. The summed E-state index contributed by atoms with van der Waals surface area (Å²) in [4.78, 5) is 0. The van der Waals surface area contributed by atoms with E-state index in [-0.39, 0.29) is 11.5 Å². The van der Waals surface area contributed by atoms with E-state index < -0.39 is 49.0 Å². The average Bonchev–Trinajstić information content (AvgIpc) is 2.65. The van der Waals surface area contributed by atoms with Crippen LogP contribution in [0.5, 0.6) is 0 Å². The lowest BCUT2D eigenvalue weighted by Crippen LogP contribution is -2.25. The molecule has 1 aromatic rings. The van der Waals surface area contributed by atoms with Gasteiger partial charge in [0.2, 0.25) is 0 Å². The van der Waals surface area contributed by atoms with Crippen LogP contribution in [0, 0.1) is 29.4 Å². The Labute approximate surface area is 148 Å². The second-order valence-corrected chi connectivity index (χ2v) is 6.91. The summed E-state index contributed by atoms with van der Waals surface area (Å²) in [6.07, 6.45) is -1.52. The predicted molar refractivity (Wildman–Crippen MR) is 91.4 cm³/mol. The lowest BCUT2D eigenvalue weighted by molar-refractivity contribution is 0.156. The first-order chi connectivity index (χ1) is 13.5. The molecular weight excluding hydrogens is 290 g/mol. The molecule has 0 radical (unpaired) electrons. The average molecular weight is 327 g/mol. The Balaban J connectivity index is 1.91. The zero-order valence-corrected chi connectivity index (χ0v) is 13.7. The van der Waals surface area contributed by atoms with Gasteiger partial charge in [-0.3, -0.25) is 0 Å². The number of hydrogen-bond acceptors (Lipinski definition) is 0. The summed E-state index contributed by atoms with van der Waals surface area (Å²) >= 11 is 0. The quantitative estimate of drug-likeness (QED) is 0.568. The molecule has 0 N–H and O–H groups in total. The summed E-state index contributed by atoms with van der Waals surface area (Å²) in [6, 6.07) is 2.93. The van der Waals surface area contributed by atoms with Gasteiger partial charge in [0.15, 0.2) is 11.6 Å². The number of rotatable bonds is 4. The molecule has 2 heteroatoms. The highest BCUT2D eigenvalue weighted by molar-refractivity contribution is 5.22. The maximum atomic E-state index is 13.8. The molecule has 4 atom stereocenters. The molecule has 2 fully saturated rings. The number of hydrogen-bond donors (Lipinski definition) is 0. The van der Waals surface area contributed by atoms with Crippen molar-refractivity contribution in [1.29, 1.82) is 0 Å². The van der Waals surface area contributed by atoms with Crippen LogP contribution in [0.2, 0.25) is 0 Å². The van der Waals surface area contributed by atoms with E-state index in [0.29, 0.717) is 5.92 Å². The molecule has 23 heavy (non-hydrogen) atoms. The second kappa shape index (κ2) is 7.77. The van der Waals surface area contributed by atoms with Crippen molar-refractivity contribution in [3.63, 3.8) is 0 Å². The highest BCUT2D eigenvalue weighted by Crippen LogP contribution is 2.44. The molecule has 128 valence electrons. The fourth-order valence-corrected chi connectivity index (χ4v) is 3.93. The van der Waals surface area contributed by atoms with Crippen LogP contribution in [-0.4, -0.2) is 0 Å². The minimum absolute atomic E-state index is 0.0418. The lowest BCUT2D eigenvalue weighted by Gasteiger charge is -2.38. The van der Waals surface area contributed by atoms with E-state index >= 15 is 0 Å². The fourth-order valence-electron chi connectivity index (χ4n) is 3.93. The van der Waals surface area contributed by atoms with Gasteiger partial charge in [0.05, 0.1) is 0 Å². The van der Waals surface area contributed by atoms with E-state index in [9.17, 15) is 8.78 Å². The topological polar surface area (TPSA) is 0 Å².